The van der Waals surface area contributed by atoms with E-state index in [0.29, 0.717) is 0 Å². The van der Waals surface area contributed by atoms with Gasteiger partial charge in [-0.1, -0.05) is 0 Å². The number of hydrogen-bond donors (Lipinski definition) is 1. The van der Waals surface area contributed by atoms with E-state index in [0.717, 1.165) is 0 Å². The maximum absolute atomic E-state index is 11.1. The molecule has 0 aromatic carbocycles. The Bertz CT molecular complexity index is 166. The minimum Gasteiger partial charge on any atom is -0.347 e. The smallest absolute Gasteiger partial charge is 0.244 e. The third kappa shape index (κ3) is 3.60. The minimum atomic E-state index is -0.428. The zero-order chi connectivity index (χ0) is 9.02. The van der Waals surface area contributed by atoms with Gasteiger partial charge in [0.15, 0.2) is 0 Å². The number of nitrogens with one attached hydrogen (secondary N) is 1. The molecule has 1 N–H and O–H groups in total. The number of likely N-dealkylation sites (N-methyl/N-ethyl adjacent to an activating group) is 1. The zero-order valence-electron chi connectivity index (χ0n) is 7.34. The van der Waals surface area contributed by atoms with Crippen molar-refractivity contribution in [3.05, 3.63) is 0 Å². The second-order valence-corrected chi connectivity index (χ2v) is 2.65. The molecule has 1 atom stereocenters. The highest BCUT2D eigenvalue weighted by atomic mass is 16.2. The molecule has 0 aromatic rings. The molecule has 0 radical (unpaired) electrons. The molecule has 0 heterocycles. The fourth-order valence-corrected chi connectivity index (χ4v) is 0.754. The standard InChI is InChI=1S/C7H14N2O2/c1-5(8-6(2)10)7(11)9(3)4/h5H,1-4H3,(H,8,10)/t5-/m1/s1. The number of carbonyl (C=O) groups excluding carboxylic acids is 2. The summed E-state index contributed by atoms with van der Waals surface area (Å²) < 4.78 is 0. The van der Waals surface area contributed by atoms with Crippen LogP contribution in [0.15, 0.2) is 0 Å². The minimum absolute atomic E-state index is 0.0970. The fraction of sp³-hybridized carbons (Fsp3) is 0.714. The quantitative estimate of drug-likeness (QED) is 0.594. The Balaban J connectivity index is 3.93. The summed E-state index contributed by atoms with van der Waals surface area (Å²) in [6.45, 7) is 3.04. The van der Waals surface area contributed by atoms with Crippen LogP contribution in [0.3, 0.4) is 0 Å². The molecular formula is C7H14N2O2. The van der Waals surface area contributed by atoms with E-state index in [2.05, 4.69) is 5.32 Å². The molecule has 0 aliphatic carbocycles. The van der Waals surface area contributed by atoms with Crippen LogP contribution < -0.4 is 5.32 Å². The van der Waals surface area contributed by atoms with E-state index < -0.39 is 6.04 Å². The van der Waals surface area contributed by atoms with E-state index in [1.807, 2.05) is 0 Å². The summed E-state index contributed by atoms with van der Waals surface area (Å²) in [6.07, 6.45) is 0. The molecule has 0 rings (SSSR count). The van der Waals surface area contributed by atoms with Crippen LogP contribution >= 0.6 is 0 Å². The second kappa shape index (κ2) is 3.95. The largest absolute Gasteiger partial charge is 0.347 e. The number of rotatable bonds is 2. The summed E-state index contributed by atoms with van der Waals surface area (Å²) in [5.74, 6) is -0.284. The fourth-order valence-electron chi connectivity index (χ4n) is 0.754. The average Bonchev–Trinajstić information content (AvgIpc) is 1.84. The van der Waals surface area contributed by atoms with Gasteiger partial charge in [0.1, 0.15) is 6.04 Å². The first-order valence-electron chi connectivity index (χ1n) is 3.43. The van der Waals surface area contributed by atoms with Crippen molar-refractivity contribution >= 4 is 11.8 Å². The summed E-state index contributed by atoms with van der Waals surface area (Å²) in [5, 5.41) is 2.49. The van der Waals surface area contributed by atoms with Crippen molar-refractivity contribution in [2.24, 2.45) is 0 Å². The van der Waals surface area contributed by atoms with E-state index >= 15 is 0 Å². The van der Waals surface area contributed by atoms with Gasteiger partial charge in [0, 0.05) is 21.0 Å². The monoisotopic (exact) mass is 158 g/mol. The summed E-state index contributed by atoms with van der Waals surface area (Å²) in [5.41, 5.74) is 0. The van der Waals surface area contributed by atoms with Gasteiger partial charge < -0.3 is 10.2 Å². The Morgan fingerprint density at radius 2 is 1.82 bits per heavy atom. The molecular weight excluding hydrogens is 144 g/mol. The number of amides is 2. The van der Waals surface area contributed by atoms with Crippen molar-refractivity contribution in [2.75, 3.05) is 14.1 Å². The first-order valence-corrected chi connectivity index (χ1v) is 3.43. The van der Waals surface area contributed by atoms with Gasteiger partial charge in [0.05, 0.1) is 0 Å². The zero-order valence-corrected chi connectivity index (χ0v) is 7.34. The molecule has 4 heteroatoms. The highest BCUT2D eigenvalue weighted by molar-refractivity contribution is 5.86. The SMILES string of the molecule is CC(=O)N[C@H](C)C(=O)N(C)C. The highest BCUT2D eigenvalue weighted by Crippen LogP contribution is 1.87. The molecule has 64 valence electrons. The van der Waals surface area contributed by atoms with Crippen LogP contribution in [-0.2, 0) is 9.59 Å². The predicted molar refractivity (Wildman–Crippen MR) is 42.0 cm³/mol. The lowest BCUT2D eigenvalue weighted by Crippen LogP contribution is -2.43. The molecule has 0 aliphatic heterocycles. The van der Waals surface area contributed by atoms with E-state index in [1.165, 1.54) is 11.8 Å². The van der Waals surface area contributed by atoms with Gasteiger partial charge in [-0.2, -0.15) is 0 Å². The van der Waals surface area contributed by atoms with E-state index in [-0.39, 0.29) is 11.8 Å². The lowest BCUT2D eigenvalue weighted by molar-refractivity contribution is -0.133. The molecule has 0 saturated heterocycles. The first kappa shape index (κ1) is 9.94. The summed E-state index contributed by atoms with van der Waals surface area (Å²) in [6, 6.07) is -0.428. The van der Waals surface area contributed by atoms with Crippen molar-refractivity contribution in [2.45, 2.75) is 19.9 Å². The lowest BCUT2D eigenvalue weighted by Gasteiger charge is -2.16. The molecule has 0 saturated carbocycles. The number of nitrogens with zero attached hydrogens (tertiary/aromatic N) is 1. The molecule has 0 aromatic heterocycles. The third-order valence-electron chi connectivity index (χ3n) is 1.23. The molecule has 2 amide bonds. The molecule has 0 unspecified atom stereocenters. The molecule has 11 heavy (non-hydrogen) atoms. The van der Waals surface area contributed by atoms with Crippen LogP contribution in [0.25, 0.3) is 0 Å². The molecule has 0 bridgehead atoms. The number of carbonyl (C=O) groups is 2. The van der Waals surface area contributed by atoms with Gasteiger partial charge in [-0.25, -0.2) is 0 Å². The van der Waals surface area contributed by atoms with Crippen molar-refractivity contribution in [3.8, 4) is 0 Å². The Kier molecular flexibility index (Phi) is 3.57. The topological polar surface area (TPSA) is 49.4 Å². The highest BCUT2D eigenvalue weighted by Gasteiger charge is 2.14. The van der Waals surface area contributed by atoms with Crippen LogP contribution in [0.1, 0.15) is 13.8 Å². The van der Waals surface area contributed by atoms with Crippen LogP contribution in [0.2, 0.25) is 0 Å². The normalized spacial score (nSPS) is 12.0. The maximum atomic E-state index is 11.1. The molecule has 0 fully saturated rings. The van der Waals surface area contributed by atoms with E-state index in [4.69, 9.17) is 0 Å². The molecule has 0 aliphatic rings. The Morgan fingerprint density at radius 1 is 1.36 bits per heavy atom. The van der Waals surface area contributed by atoms with E-state index in [1.54, 1.807) is 21.0 Å². The van der Waals surface area contributed by atoms with Crippen LogP contribution in [-0.4, -0.2) is 36.9 Å². The molecule has 4 nitrogen and oxygen atoms in total. The van der Waals surface area contributed by atoms with Gasteiger partial charge in [0.25, 0.3) is 0 Å². The Labute approximate surface area is 66.6 Å². The predicted octanol–water partition coefficient (Wildman–Crippen LogP) is -0.401. The van der Waals surface area contributed by atoms with Crippen LogP contribution in [0, 0.1) is 0 Å². The Hall–Kier alpha value is -1.06. The van der Waals surface area contributed by atoms with Gasteiger partial charge in [-0.15, -0.1) is 0 Å². The van der Waals surface area contributed by atoms with E-state index in [9.17, 15) is 9.59 Å². The van der Waals surface area contributed by atoms with Crippen molar-refractivity contribution in [1.82, 2.24) is 10.2 Å². The van der Waals surface area contributed by atoms with Gasteiger partial charge in [-0.05, 0) is 6.92 Å². The van der Waals surface area contributed by atoms with Gasteiger partial charge in [0.2, 0.25) is 11.8 Å². The van der Waals surface area contributed by atoms with Gasteiger partial charge >= 0.3 is 0 Å². The second-order valence-electron chi connectivity index (χ2n) is 2.65. The van der Waals surface area contributed by atoms with Gasteiger partial charge in [-0.3, -0.25) is 9.59 Å². The van der Waals surface area contributed by atoms with Crippen molar-refractivity contribution < 1.29 is 9.59 Å². The van der Waals surface area contributed by atoms with Crippen LogP contribution in [0.4, 0.5) is 0 Å². The average molecular weight is 158 g/mol. The Morgan fingerprint density at radius 3 is 2.09 bits per heavy atom. The molecule has 0 spiro atoms. The first-order chi connectivity index (χ1) is 4.95. The maximum Gasteiger partial charge on any atom is 0.244 e. The number of hydrogen-bond acceptors (Lipinski definition) is 2. The van der Waals surface area contributed by atoms with Crippen molar-refractivity contribution in [1.29, 1.82) is 0 Å². The van der Waals surface area contributed by atoms with Crippen molar-refractivity contribution in [3.63, 3.8) is 0 Å². The van der Waals surface area contributed by atoms with Crippen LogP contribution in [0.5, 0.6) is 0 Å². The lowest BCUT2D eigenvalue weighted by atomic mass is 10.3. The summed E-state index contributed by atoms with van der Waals surface area (Å²) in [4.78, 5) is 23.0. The summed E-state index contributed by atoms with van der Waals surface area (Å²) >= 11 is 0. The third-order valence-corrected chi connectivity index (χ3v) is 1.23. The summed E-state index contributed by atoms with van der Waals surface area (Å²) in [7, 11) is 3.31.